The number of carbonyl (C=O) groups excluding carboxylic acids is 2. The Balaban J connectivity index is 1.44. The molecule has 2 aliphatic rings. The van der Waals surface area contributed by atoms with Crippen molar-refractivity contribution < 1.29 is 9.59 Å². The van der Waals surface area contributed by atoms with Crippen molar-refractivity contribution in [2.45, 2.75) is 45.6 Å². The Bertz CT molecular complexity index is 619. The van der Waals surface area contributed by atoms with Crippen molar-refractivity contribution in [3.05, 3.63) is 35.4 Å². The van der Waals surface area contributed by atoms with Crippen molar-refractivity contribution in [1.29, 1.82) is 0 Å². The molecule has 2 amide bonds. The summed E-state index contributed by atoms with van der Waals surface area (Å²) in [6.45, 7) is 9.65. The van der Waals surface area contributed by atoms with Gasteiger partial charge in [0.1, 0.15) is 0 Å². The van der Waals surface area contributed by atoms with Gasteiger partial charge in [-0.15, -0.1) is 0 Å². The average Bonchev–Trinajstić information content (AvgIpc) is 2.64. The monoisotopic (exact) mass is 357 g/mol. The van der Waals surface area contributed by atoms with E-state index in [-0.39, 0.29) is 18.4 Å². The summed E-state index contributed by atoms with van der Waals surface area (Å²) in [5.74, 6) is 0.791. The lowest BCUT2D eigenvalue weighted by Crippen LogP contribution is -2.52. The fourth-order valence-electron chi connectivity index (χ4n) is 3.71. The Morgan fingerprint density at radius 1 is 1.00 bits per heavy atom. The summed E-state index contributed by atoms with van der Waals surface area (Å²) in [6.07, 6.45) is 2.57. The Morgan fingerprint density at radius 3 is 2.31 bits per heavy atom. The maximum atomic E-state index is 12.5. The quantitative estimate of drug-likeness (QED) is 0.813. The highest BCUT2D eigenvalue weighted by Crippen LogP contribution is 2.16. The number of piperidine rings is 1. The minimum absolute atomic E-state index is 0.0983. The number of hydrogen-bond acceptors (Lipinski definition) is 3. The molecule has 0 aliphatic carbocycles. The average molecular weight is 357 g/mol. The van der Waals surface area contributed by atoms with Crippen molar-refractivity contribution in [1.82, 2.24) is 14.7 Å². The predicted molar refractivity (Wildman–Crippen MR) is 103 cm³/mol. The van der Waals surface area contributed by atoms with Gasteiger partial charge in [0, 0.05) is 45.7 Å². The van der Waals surface area contributed by atoms with Crippen LogP contribution in [-0.2, 0) is 16.1 Å². The molecule has 2 heterocycles. The number of carbonyl (C=O) groups is 2. The fourth-order valence-corrected chi connectivity index (χ4v) is 3.71. The van der Waals surface area contributed by atoms with Crippen LogP contribution in [0.4, 0.5) is 0 Å². The second kappa shape index (κ2) is 8.67. The van der Waals surface area contributed by atoms with E-state index in [0.29, 0.717) is 12.3 Å². The molecule has 1 aromatic rings. The van der Waals surface area contributed by atoms with Gasteiger partial charge in [-0.3, -0.25) is 14.5 Å². The minimum atomic E-state index is 0.0983. The Morgan fingerprint density at radius 2 is 1.69 bits per heavy atom. The van der Waals surface area contributed by atoms with Gasteiger partial charge in [0.2, 0.25) is 11.8 Å². The smallest absolute Gasteiger partial charge is 0.242 e. The normalized spacial score (nSPS) is 19.3. The number of hydrogen-bond donors (Lipinski definition) is 0. The van der Waals surface area contributed by atoms with E-state index < -0.39 is 0 Å². The van der Waals surface area contributed by atoms with Crippen LogP contribution in [0.15, 0.2) is 24.3 Å². The maximum absolute atomic E-state index is 12.5. The Kier molecular flexibility index (Phi) is 6.30. The van der Waals surface area contributed by atoms with Crippen LogP contribution in [0.5, 0.6) is 0 Å². The zero-order valence-corrected chi connectivity index (χ0v) is 16.1. The highest BCUT2D eigenvalue weighted by Gasteiger charge is 2.25. The van der Waals surface area contributed by atoms with Crippen LogP contribution in [0.1, 0.15) is 50.2 Å². The lowest BCUT2D eigenvalue weighted by Gasteiger charge is -2.36. The molecule has 0 radical (unpaired) electrons. The first-order valence-corrected chi connectivity index (χ1v) is 9.89. The van der Waals surface area contributed by atoms with Crippen molar-refractivity contribution in [2.75, 3.05) is 39.3 Å². The largest absolute Gasteiger partial charge is 0.339 e. The van der Waals surface area contributed by atoms with Crippen LogP contribution >= 0.6 is 0 Å². The molecular weight excluding hydrogens is 326 g/mol. The summed E-state index contributed by atoms with van der Waals surface area (Å²) in [6, 6.07) is 8.87. The van der Waals surface area contributed by atoms with Crippen molar-refractivity contribution in [2.24, 2.45) is 0 Å². The molecule has 0 atom stereocenters. The number of benzene rings is 1. The standard InChI is InChI=1S/C21H31N3O2/c1-17(2)19-8-6-18(7-9-19)15-22-11-13-23(14-12-22)21(26)16-24-10-4-3-5-20(24)25/h6-9,17H,3-5,10-16H2,1-2H3. The molecule has 3 rings (SSSR count). The van der Waals surface area contributed by atoms with E-state index in [1.54, 1.807) is 4.90 Å². The van der Waals surface area contributed by atoms with Crippen molar-refractivity contribution >= 4 is 11.8 Å². The zero-order chi connectivity index (χ0) is 18.5. The molecule has 0 saturated carbocycles. The van der Waals surface area contributed by atoms with Crippen molar-refractivity contribution in [3.8, 4) is 0 Å². The van der Waals surface area contributed by atoms with Crippen LogP contribution in [0.3, 0.4) is 0 Å². The fraction of sp³-hybridized carbons (Fsp3) is 0.619. The van der Waals surface area contributed by atoms with E-state index in [9.17, 15) is 9.59 Å². The van der Waals surface area contributed by atoms with Gasteiger partial charge in [0.15, 0.2) is 0 Å². The van der Waals surface area contributed by atoms with Gasteiger partial charge in [-0.25, -0.2) is 0 Å². The first-order chi connectivity index (χ1) is 12.5. The first-order valence-electron chi connectivity index (χ1n) is 9.89. The van der Waals surface area contributed by atoms with Gasteiger partial charge in [0.05, 0.1) is 6.54 Å². The number of likely N-dealkylation sites (tertiary alicyclic amines) is 1. The van der Waals surface area contributed by atoms with E-state index >= 15 is 0 Å². The van der Waals surface area contributed by atoms with Crippen LogP contribution < -0.4 is 0 Å². The molecule has 2 aliphatic heterocycles. The van der Waals surface area contributed by atoms with Gasteiger partial charge in [-0.1, -0.05) is 38.1 Å². The van der Waals surface area contributed by atoms with Gasteiger partial charge >= 0.3 is 0 Å². The highest BCUT2D eigenvalue weighted by molar-refractivity contribution is 5.85. The third-order valence-corrected chi connectivity index (χ3v) is 5.53. The van der Waals surface area contributed by atoms with E-state index in [1.807, 2.05) is 4.90 Å². The highest BCUT2D eigenvalue weighted by atomic mass is 16.2. The lowest BCUT2D eigenvalue weighted by molar-refractivity contribution is -0.142. The second-order valence-electron chi connectivity index (χ2n) is 7.83. The molecule has 0 unspecified atom stereocenters. The molecule has 0 bridgehead atoms. The summed E-state index contributed by atoms with van der Waals surface area (Å²) in [4.78, 5) is 30.4. The first kappa shape index (κ1) is 18.9. The number of rotatable bonds is 5. The molecule has 2 fully saturated rings. The Labute approximate surface area is 156 Å². The van der Waals surface area contributed by atoms with E-state index in [2.05, 4.69) is 43.0 Å². The van der Waals surface area contributed by atoms with Gasteiger partial charge in [-0.2, -0.15) is 0 Å². The van der Waals surface area contributed by atoms with Crippen molar-refractivity contribution in [3.63, 3.8) is 0 Å². The topological polar surface area (TPSA) is 43.9 Å². The Hall–Kier alpha value is -1.88. The zero-order valence-electron chi connectivity index (χ0n) is 16.1. The SMILES string of the molecule is CC(C)c1ccc(CN2CCN(C(=O)CN3CCCCC3=O)CC2)cc1. The summed E-state index contributed by atoms with van der Waals surface area (Å²) in [5, 5.41) is 0. The van der Waals surface area contributed by atoms with Crippen LogP contribution in [0, 0.1) is 0 Å². The molecule has 1 aromatic carbocycles. The number of piperazine rings is 1. The lowest BCUT2D eigenvalue weighted by atomic mass is 10.0. The molecule has 2 saturated heterocycles. The number of amides is 2. The second-order valence-corrected chi connectivity index (χ2v) is 7.83. The molecule has 5 heteroatoms. The van der Waals surface area contributed by atoms with Gasteiger partial charge < -0.3 is 9.80 Å². The van der Waals surface area contributed by atoms with E-state index in [0.717, 1.165) is 52.1 Å². The molecule has 0 aromatic heterocycles. The third-order valence-electron chi connectivity index (χ3n) is 5.53. The molecule has 142 valence electrons. The number of nitrogens with zero attached hydrogens (tertiary/aromatic N) is 3. The summed E-state index contributed by atoms with van der Waals surface area (Å²) >= 11 is 0. The van der Waals surface area contributed by atoms with Gasteiger partial charge in [0.25, 0.3) is 0 Å². The molecule has 26 heavy (non-hydrogen) atoms. The molecule has 0 N–H and O–H groups in total. The molecular formula is C21H31N3O2. The van der Waals surface area contributed by atoms with Gasteiger partial charge in [-0.05, 0) is 29.9 Å². The molecule has 5 nitrogen and oxygen atoms in total. The minimum Gasteiger partial charge on any atom is -0.339 e. The van der Waals surface area contributed by atoms with E-state index in [1.165, 1.54) is 11.1 Å². The van der Waals surface area contributed by atoms with Crippen LogP contribution in [0.25, 0.3) is 0 Å². The summed E-state index contributed by atoms with van der Waals surface area (Å²) in [5.41, 5.74) is 2.70. The summed E-state index contributed by atoms with van der Waals surface area (Å²) in [7, 11) is 0. The summed E-state index contributed by atoms with van der Waals surface area (Å²) < 4.78 is 0. The third kappa shape index (κ3) is 4.85. The van der Waals surface area contributed by atoms with Crippen LogP contribution in [-0.4, -0.2) is 65.8 Å². The predicted octanol–water partition coefficient (Wildman–Crippen LogP) is 2.47. The molecule has 0 spiro atoms. The van der Waals surface area contributed by atoms with Crippen LogP contribution in [0.2, 0.25) is 0 Å². The maximum Gasteiger partial charge on any atom is 0.242 e. The van der Waals surface area contributed by atoms with E-state index in [4.69, 9.17) is 0 Å².